The molecule has 4 heteroatoms. The summed E-state index contributed by atoms with van der Waals surface area (Å²) in [7, 11) is 0. The van der Waals surface area contributed by atoms with Crippen LogP contribution in [0.15, 0.2) is 24.3 Å². The Morgan fingerprint density at radius 3 is 2.45 bits per heavy atom. The number of unbranched alkanes of at least 4 members (excludes halogenated alkanes) is 1. The van der Waals surface area contributed by atoms with Crippen molar-refractivity contribution in [3.05, 3.63) is 29.8 Å². The van der Waals surface area contributed by atoms with Crippen molar-refractivity contribution < 1.29 is 9.53 Å². The van der Waals surface area contributed by atoms with Crippen LogP contribution in [0.1, 0.15) is 50.9 Å². The predicted octanol–water partition coefficient (Wildman–Crippen LogP) is 4.16. The molecule has 3 nitrogen and oxygen atoms in total. The standard InChI is InChI=1S/C16H24BrNO2/c1-5-6-11-20-14-9-7-13(8-10-14)15(19)18-16(3,4)12(2)17/h7-10,12H,5-6,11H2,1-4H3,(H,18,19). The molecule has 0 aliphatic rings. The van der Waals surface area contributed by atoms with Crippen LogP contribution in [0.5, 0.6) is 5.75 Å². The van der Waals surface area contributed by atoms with Gasteiger partial charge in [0.1, 0.15) is 5.75 Å². The summed E-state index contributed by atoms with van der Waals surface area (Å²) in [6.07, 6.45) is 2.15. The monoisotopic (exact) mass is 341 g/mol. The Morgan fingerprint density at radius 2 is 1.95 bits per heavy atom. The van der Waals surface area contributed by atoms with Crippen LogP contribution >= 0.6 is 15.9 Å². The fourth-order valence-corrected chi connectivity index (χ4v) is 1.62. The highest BCUT2D eigenvalue weighted by molar-refractivity contribution is 9.09. The highest BCUT2D eigenvalue weighted by Gasteiger charge is 2.26. The molecule has 1 unspecified atom stereocenters. The molecule has 0 fully saturated rings. The van der Waals surface area contributed by atoms with E-state index in [1.54, 1.807) is 12.1 Å². The van der Waals surface area contributed by atoms with Crippen molar-refractivity contribution in [1.82, 2.24) is 5.32 Å². The van der Waals surface area contributed by atoms with Crippen LogP contribution in [-0.4, -0.2) is 22.9 Å². The van der Waals surface area contributed by atoms with Crippen molar-refractivity contribution in [1.29, 1.82) is 0 Å². The molecule has 0 aliphatic carbocycles. The Labute approximate surface area is 130 Å². The molecule has 0 saturated carbocycles. The zero-order valence-electron chi connectivity index (χ0n) is 12.7. The summed E-state index contributed by atoms with van der Waals surface area (Å²) in [5, 5.41) is 3.02. The first-order chi connectivity index (χ1) is 9.36. The number of amides is 1. The van der Waals surface area contributed by atoms with E-state index in [0.29, 0.717) is 5.56 Å². The highest BCUT2D eigenvalue weighted by Crippen LogP contribution is 2.18. The van der Waals surface area contributed by atoms with E-state index in [9.17, 15) is 4.79 Å². The van der Waals surface area contributed by atoms with E-state index < -0.39 is 0 Å². The van der Waals surface area contributed by atoms with Crippen LogP contribution in [0.3, 0.4) is 0 Å². The molecule has 0 spiro atoms. The van der Waals surface area contributed by atoms with Crippen LogP contribution < -0.4 is 10.1 Å². The number of nitrogens with one attached hydrogen (secondary N) is 1. The number of rotatable bonds is 7. The number of hydrogen-bond acceptors (Lipinski definition) is 2. The normalized spacial score (nSPS) is 12.8. The zero-order chi connectivity index (χ0) is 15.2. The van der Waals surface area contributed by atoms with Crippen LogP contribution in [0.4, 0.5) is 0 Å². The van der Waals surface area contributed by atoms with Gasteiger partial charge in [0.25, 0.3) is 5.91 Å². The SMILES string of the molecule is CCCCOc1ccc(C(=O)NC(C)(C)C(C)Br)cc1. The number of benzene rings is 1. The summed E-state index contributed by atoms with van der Waals surface area (Å²) in [5.74, 6) is 0.740. The first-order valence-corrected chi connectivity index (χ1v) is 7.98. The van der Waals surface area contributed by atoms with Gasteiger partial charge in [-0.05, 0) is 44.5 Å². The first-order valence-electron chi connectivity index (χ1n) is 7.06. The minimum absolute atomic E-state index is 0.0681. The number of ether oxygens (including phenoxy) is 1. The molecule has 1 aromatic rings. The van der Waals surface area contributed by atoms with E-state index in [2.05, 4.69) is 28.2 Å². The third-order valence-electron chi connectivity index (χ3n) is 3.31. The lowest BCUT2D eigenvalue weighted by molar-refractivity contribution is 0.0914. The second-order valence-electron chi connectivity index (χ2n) is 5.52. The summed E-state index contributed by atoms with van der Waals surface area (Å²) in [6.45, 7) is 8.85. The smallest absolute Gasteiger partial charge is 0.251 e. The molecule has 1 aromatic carbocycles. The molecule has 0 saturated heterocycles. The molecule has 0 heterocycles. The molecule has 0 aliphatic heterocycles. The van der Waals surface area contributed by atoms with Crippen molar-refractivity contribution in [2.75, 3.05) is 6.61 Å². The topological polar surface area (TPSA) is 38.3 Å². The van der Waals surface area contributed by atoms with Crippen molar-refractivity contribution >= 4 is 21.8 Å². The molecule has 0 aromatic heterocycles. The van der Waals surface area contributed by atoms with Crippen LogP contribution in [0.2, 0.25) is 0 Å². The summed E-state index contributed by atoms with van der Waals surface area (Å²) in [5.41, 5.74) is 0.349. The quantitative estimate of drug-likeness (QED) is 0.597. The third-order valence-corrected chi connectivity index (χ3v) is 4.46. The second-order valence-corrected chi connectivity index (χ2v) is 6.89. The molecular formula is C16H24BrNO2. The summed E-state index contributed by atoms with van der Waals surface area (Å²) >= 11 is 3.51. The first kappa shape index (κ1) is 17.0. The minimum Gasteiger partial charge on any atom is -0.494 e. The largest absolute Gasteiger partial charge is 0.494 e. The van der Waals surface area contributed by atoms with Crippen LogP contribution in [0, 0.1) is 0 Å². The maximum Gasteiger partial charge on any atom is 0.251 e. The Bertz CT molecular complexity index is 427. The lowest BCUT2D eigenvalue weighted by Crippen LogP contribution is -2.48. The number of carbonyl (C=O) groups excluding carboxylic acids is 1. The van der Waals surface area contributed by atoms with Crippen molar-refractivity contribution in [2.45, 2.75) is 50.9 Å². The van der Waals surface area contributed by atoms with Gasteiger partial charge in [-0.15, -0.1) is 0 Å². The van der Waals surface area contributed by atoms with Crippen LogP contribution in [0.25, 0.3) is 0 Å². The van der Waals surface area contributed by atoms with Gasteiger partial charge in [-0.3, -0.25) is 4.79 Å². The average molecular weight is 342 g/mol. The zero-order valence-corrected chi connectivity index (χ0v) is 14.3. The third kappa shape index (κ3) is 5.16. The van der Waals surface area contributed by atoms with Crippen molar-refractivity contribution in [2.24, 2.45) is 0 Å². The number of carbonyl (C=O) groups is 1. The van der Waals surface area contributed by atoms with E-state index in [1.807, 2.05) is 32.9 Å². The summed E-state index contributed by atoms with van der Waals surface area (Å²) in [4.78, 5) is 12.4. The van der Waals surface area contributed by atoms with Gasteiger partial charge in [-0.25, -0.2) is 0 Å². The Balaban J connectivity index is 2.62. The molecule has 1 atom stereocenters. The van der Waals surface area contributed by atoms with Gasteiger partial charge in [0.05, 0.1) is 6.61 Å². The van der Waals surface area contributed by atoms with Gasteiger partial charge in [0.15, 0.2) is 0 Å². The molecule has 20 heavy (non-hydrogen) atoms. The Kier molecular flexibility index (Phi) is 6.53. The molecule has 0 bridgehead atoms. The van der Waals surface area contributed by atoms with Gasteiger partial charge < -0.3 is 10.1 Å². The maximum absolute atomic E-state index is 12.2. The summed E-state index contributed by atoms with van der Waals surface area (Å²) < 4.78 is 5.58. The highest BCUT2D eigenvalue weighted by atomic mass is 79.9. The molecule has 1 N–H and O–H groups in total. The molecular weight excluding hydrogens is 318 g/mol. The van der Waals surface area contributed by atoms with Gasteiger partial charge >= 0.3 is 0 Å². The summed E-state index contributed by atoms with van der Waals surface area (Å²) in [6, 6.07) is 7.28. The lowest BCUT2D eigenvalue weighted by Gasteiger charge is -2.29. The van der Waals surface area contributed by atoms with Crippen molar-refractivity contribution in [3.8, 4) is 5.75 Å². The number of halogens is 1. The van der Waals surface area contributed by atoms with Crippen molar-refractivity contribution in [3.63, 3.8) is 0 Å². The molecule has 1 rings (SSSR count). The fourth-order valence-electron chi connectivity index (χ4n) is 1.50. The van der Waals surface area contributed by atoms with Gasteiger partial charge in [-0.2, -0.15) is 0 Å². The van der Waals surface area contributed by atoms with E-state index in [4.69, 9.17) is 4.74 Å². The van der Waals surface area contributed by atoms with E-state index in [0.717, 1.165) is 25.2 Å². The molecule has 1 amide bonds. The van der Waals surface area contributed by atoms with Gasteiger partial charge in [-0.1, -0.05) is 36.2 Å². The minimum atomic E-state index is -0.298. The van der Waals surface area contributed by atoms with Crippen LogP contribution in [-0.2, 0) is 0 Å². The van der Waals surface area contributed by atoms with Gasteiger partial charge in [0.2, 0.25) is 0 Å². The van der Waals surface area contributed by atoms with E-state index >= 15 is 0 Å². The van der Waals surface area contributed by atoms with E-state index in [-0.39, 0.29) is 16.3 Å². The molecule has 112 valence electrons. The van der Waals surface area contributed by atoms with E-state index in [1.165, 1.54) is 0 Å². The number of alkyl halides is 1. The maximum atomic E-state index is 12.2. The fraction of sp³-hybridized carbons (Fsp3) is 0.562. The van der Waals surface area contributed by atoms with Gasteiger partial charge in [0, 0.05) is 15.9 Å². The predicted molar refractivity (Wildman–Crippen MR) is 86.8 cm³/mol. The Hall–Kier alpha value is -1.03. The lowest BCUT2D eigenvalue weighted by atomic mass is 10.0. The average Bonchev–Trinajstić information content (AvgIpc) is 2.39. The molecule has 0 radical (unpaired) electrons. The Morgan fingerprint density at radius 1 is 1.35 bits per heavy atom. The number of hydrogen-bond donors (Lipinski definition) is 1. The second kappa shape index (κ2) is 7.67.